The molecule has 26 heavy (non-hydrogen) atoms. The molecular weight excluding hydrogens is 364 g/mol. The van der Waals surface area contributed by atoms with E-state index in [0.29, 0.717) is 21.2 Å². The highest BCUT2D eigenvalue weighted by Crippen LogP contribution is 2.35. The fraction of sp³-hybridized carbons (Fsp3) is 0. The summed E-state index contributed by atoms with van der Waals surface area (Å²) in [7, 11) is 0. The first-order valence-electron chi connectivity index (χ1n) is 7.32. The number of hydrogen-bond acceptors (Lipinski definition) is 8. The van der Waals surface area contributed by atoms with Crippen LogP contribution in [0.5, 0.6) is 0 Å². The van der Waals surface area contributed by atoms with Gasteiger partial charge in [0, 0.05) is 21.2 Å². The summed E-state index contributed by atoms with van der Waals surface area (Å²) < 4.78 is 0. The molecule has 0 amide bonds. The smallest absolute Gasteiger partial charge is 0.103 e. The van der Waals surface area contributed by atoms with E-state index in [-0.39, 0.29) is 21.2 Å². The number of allylic oxidation sites excluding steroid dienone is 2. The maximum atomic E-state index is 9.51. The van der Waals surface area contributed by atoms with Crippen LogP contribution in [0.3, 0.4) is 0 Å². The second-order valence-electron chi connectivity index (χ2n) is 4.98. The fourth-order valence-corrected chi connectivity index (χ4v) is 3.59. The summed E-state index contributed by atoms with van der Waals surface area (Å²) in [4.78, 5) is 1.38. The molecule has 0 aliphatic rings. The van der Waals surface area contributed by atoms with Gasteiger partial charge in [-0.1, -0.05) is 47.8 Å². The van der Waals surface area contributed by atoms with Gasteiger partial charge in [0.05, 0.1) is 10.1 Å². The van der Waals surface area contributed by atoms with Gasteiger partial charge in [-0.25, -0.2) is 0 Å². The fourth-order valence-electron chi connectivity index (χ4n) is 1.95. The summed E-state index contributed by atoms with van der Waals surface area (Å²) in [6, 6.07) is 18.1. The maximum Gasteiger partial charge on any atom is 0.103 e. The first-order chi connectivity index (χ1) is 12.5. The van der Waals surface area contributed by atoms with E-state index in [2.05, 4.69) is 0 Å². The van der Waals surface area contributed by atoms with Gasteiger partial charge in [-0.3, -0.25) is 0 Å². The lowest BCUT2D eigenvalue weighted by atomic mass is 10.1. The van der Waals surface area contributed by atoms with Crippen molar-refractivity contribution in [2.45, 2.75) is 9.79 Å². The topological polar surface area (TPSA) is 152 Å². The van der Waals surface area contributed by atoms with Gasteiger partial charge in [0.15, 0.2) is 0 Å². The molecule has 2 aromatic carbocycles. The molecule has 0 saturated carbocycles. The van der Waals surface area contributed by atoms with Crippen LogP contribution in [-0.4, -0.2) is 0 Å². The number of nitriles is 2. The second kappa shape index (κ2) is 8.77. The van der Waals surface area contributed by atoms with Crippen LogP contribution in [0.25, 0.3) is 0 Å². The van der Waals surface area contributed by atoms with E-state index >= 15 is 0 Å². The summed E-state index contributed by atoms with van der Waals surface area (Å²) in [5.41, 5.74) is 25.0. The molecule has 6 nitrogen and oxygen atoms in total. The molecule has 0 spiro atoms. The third-order valence-corrected chi connectivity index (χ3v) is 5.28. The van der Waals surface area contributed by atoms with Gasteiger partial charge in [-0.05, 0) is 24.3 Å². The SMILES string of the molecule is N#CC(=C(N)Sc1ccccc1N)/C(C#N)=C(\N)Sc1ccccc1N. The van der Waals surface area contributed by atoms with Crippen molar-refractivity contribution in [1.82, 2.24) is 0 Å². The molecule has 0 atom stereocenters. The van der Waals surface area contributed by atoms with Gasteiger partial charge in [-0.2, -0.15) is 10.5 Å². The minimum Gasteiger partial charge on any atom is -0.398 e. The first kappa shape index (κ1) is 19.1. The molecule has 130 valence electrons. The molecule has 0 aliphatic heterocycles. The van der Waals surface area contributed by atoms with Gasteiger partial charge in [0.1, 0.15) is 23.3 Å². The Morgan fingerprint density at radius 2 is 1.04 bits per heavy atom. The number of nitrogen functional groups attached to an aromatic ring is 2. The first-order valence-corrected chi connectivity index (χ1v) is 8.96. The van der Waals surface area contributed by atoms with Crippen molar-refractivity contribution in [3.63, 3.8) is 0 Å². The lowest BCUT2D eigenvalue weighted by Crippen LogP contribution is -2.06. The minimum atomic E-state index is 0.000237. The normalized spacial score (nSPS) is 12.4. The van der Waals surface area contributed by atoms with Crippen LogP contribution in [0.15, 0.2) is 79.5 Å². The average molecular weight is 381 g/mol. The quantitative estimate of drug-likeness (QED) is 0.267. The standard InChI is InChI=1S/C18H16N6S2/c19-9-11(17(23)25-15-7-3-1-5-13(15)21)12(10-20)18(24)26-16-8-4-2-6-14(16)22/h1-8H,21-24H2/b17-11+,18-12?. The van der Waals surface area contributed by atoms with Gasteiger partial charge < -0.3 is 22.9 Å². The zero-order valence-electron chi connectivity index (χ0n) is 13.6. The molecule has 0 fully saturated rings. The third kappa shape index (κ3) is 4.45. The van der Waals surface area contributed by atoms with Gasteiger partial charge in [-0.15, -0.1) is 0 Å². The molecule has 0 aromatic heterocycles. The summed E-state index contributed by atoms with van der Waals surface area (Å²) in [6.45, 7) is 0. The largest absolute Gasteiger partial charge is 0.398 e. The van der Waals surface area contributed by atoms with Crippen LogP contribution in [0.4, 0.5) is 11.4 Å². The van der Waals surface area contributed by atoms with Crippen molar-refractivity contribution < 1.29 is 0 Å². The monoisotopic (exact) mass is 380 g/mol. The average Bonchev–Trinajstić information content (AvgIpc) is 2.63. The van der Waals surface area contributed by atoms with Crippen LogP contribution in [-0.2, 0) is 0 Å². The third-order valence-electron chi connectivity index (χ3n) is 3.24. The highest BCUT2D eigenvalue weighted by atomic mass is 32.2. The zero-order chi connectivity index (χ0) is 19.1. The summed E-state index contributed by atoms with van der Waals surface area (Å²) in [5, 5.41) is 19.3. The molecule has 0 unspecified atom stereocenters. The Labute approximate surface area is 160 Å². The molecule has 0 radical (unpaired) electrons. The predicted octanol–water partition coefficient (Wildman–Crippen LogP) is 3.12. The molecule has 0 saturated heterocycles. The molecule has 8 N–H and O–H groups in total. The number of thioether (sulfide) groups is 2. The van der Waals surface area contributed by atoms with Crippen LogP contribution >= 0.6 is 23.5 Å². The van der Waals surface area contributed by atoms with Gasteiger partial charge in [0.25, 0.3) is 0 Å². The van der Waals surface area contributed by atoms with E-state index in [9.17, 15) is 10.5 Å². The number of para-hydroxylation sites is 2. The van der Waals surface area contributed by atoms with E-state index in [1.54, 1.807) is 36.4 Å². The van der Waals surface area contributed by atoms with Crippen molar-refractivity contribution in [3.05, 3.63) is 69.7 Å². The van der Waals surface area contributed by atoms with E-state index in [1.165, 1.54) is 0 Å². The Morgan fingerprint density at radius 1 is 0.692 bits per heavy atom. The van der Waals surface area contributed by atoms with Crippen molar-refractivity contribution in [1.29, 1.82) is 10.5 Å². The van der Waals surface area contributed by atoms with E-state index < -0.39 is 0 Å². The predicted molar refractivity (Wildman–Crippen MR) is 107 cm³/mol. The summed E-state index contributed by atoms with van der Waals surface area (Å²) in [6.07, 6.45) is 0. The highest BCUT2D eigenvalue weighted by molar-refractivity contribution is 8.03. The maximum absolute atomic E-state index is 9.51. The number of benzene rings is 2. The van der Waals surface area contributed by atoms with Crippen LogP contribution < -0.4 is 22.9 Å². The molecule has 0 bridgehead atoms. The van der Waals surface area contributed by atoms with Crippen molar-refractivity contribution >= 4 is 34.9 Å². The number of nitrogens with zero attached hydrogens (tertiary/aromatic N) is 2. The lowest BCUT2D eigenvalue weighted by Gasteiger charge is -2.10. The van der Waals surface area contributed by atoms with Crippen LogP contribution in [0, 0.1) is 22.7 Å². The molecule has 2 rings (SSSR count). The zero-order valence-corrected chi connectivity index (χ0v) is 15.3. The lowest BCUT2D eigenvalue weighted by molar-refractivity contribution is 1.34. The van der Waals surface area contributed by atoms with E-state index in [4.69, 9.17) is 22.9 Å². The van der Waals surface area contributed by atoms with Crippen molar-refractivity contribution in [3.8, 4) is 12.1 Å². The van der Waals surface area contributed by atoms with Crippen LogP contribution in [0.2, 0.25) is 0 Å². The van der Waals surface area contributed by atoms with Crippen molar-refractivity contribution in [2.24, 2.45) is 11.5 Å². The van der Waals surface area contributed by atoms with Crippen molar-refractivity contribution in [2.75, 3.05) is 11.5 Å². The Hall–Kier alpha value is -3.20. The number of hydrogen-bond donors (Lipinski definition) is 4. The molecule has 0 aliphatic carbocycles. The van der Waals surface area contributed by atoms with Gasteiger partial charge in [0.2, 0.25) is 0 Å². The van der Waals surface area contributed by atoms with E-state index in [1.807, 2.05) is 24.3 Å². The summed E-state index contributed by atoms with van der Waals surface area (Å²) in [5.74, 6) is 0. The number of nitrogens with two attached hydrogens (primary N) is 4. The Bertz CT molecular complexity index is 887. The minimum absolute atomic E-state index is 0.000237. The molecule has 0 heterocycles. The number of rotatable bonds is 5. The second-order valence-corrected chi connectivity index (χ2v) is 7.15. The summed E-state index contributed by atoms with van der Waals surface area (Å²) >= 11 is 2.22. The van der Waals surface area contributed by atoms with Crippen LogP contribution in [0.1, 0.15) is 0 Å². The Kier molecular flexibility index (Phi) is 6.45. The van der Waals surface area contributed by atoms with E-state index in [0.717, 1.165) is 23.5 Å². The number of anilines is 2. The van der Waals surface area contributed by atoms with Gasteiger partial charge >= 0.3 is 0 Å². The molecule has 8 heteroatoms. The molecule has 2 aromatic rings. The molecular formula is C18H16N6S2. The Balaban J connectivity index is 2.42. The Morgan fingerprint density at radius 3 is 1.35 bits per heavy atom. The highest BCUT2D eigenvalue weighted by Gasteiger charge is 2.16.